The van der Waals surface area contributed by atoms with Crippen molar-refractivity contribution in [1.29, 1.82) is 0 Å². The van der Waals surface area contributed by atoms with Gasteiger partial charge in [-0.25, -0.2) is 14.4 Å². The molecule has 10 nitrogen and oxygen atoms in total. The zero-order valence-corrected chi connectivity index (χ0v) is 22.1. The first kappa shape index (κ1) is 28.4. The number of nitrogens with one attached hydrogen (secondary N) is 1. The van der Waals surface area contributed by atoms with E-state index < -0.39 is 18.0 Å². The number of hydrogen-bond donors (Lipinski definition) is 3. The van der Waals surface area contributed by atoms with Gasteiger partial charge in [0, 0.05) is 37.1 Å². The van der Waals surface area contributed by atoms with E-state index in [0.717, 1.165) is 32.2 Å². The number of hydrogen-bond acceptors (Lipinski definition) is 8. The number of aliphatic carboxylic acids is 2. The summed E-state index contributed by atoms with van der Waals surface area (Å²) < 4.78 is 11.3. The molecule has 5 aliphatic rings. The van der Waals surface area contributed by atoms with Gasteiger partial charge in [-0.1, -0.05) is 20.3 Å². The van der Waals surface area contributed by atoms with Gasteiger partial charge in [0.25, 0.3) is 0 Å². The molecule has 10 heteroatoms. The van der Waals surface area contributed by atoms with Gasteiger partial charge in [-0.15, -0.1) is 0 Å². The number of carbonyl (C=O) groups excluding carboxylic acids is 3. The molecular formula is C28H39NO9. The molecule has 4 aliphatic carbocycles. The Balaban J connectivity index is 0.000000368. The molecular weight excluding hydrogens is 494 g/mol. The molecule has 210 valence electrons. The van der Waals surface area contributed by atoms with Crippen LogP contribution in [0.3, 0.4) is 0 Å². The average Bonchev–Trinajstić information content (AvgIpc) is 3.29. The summed E-state index contributed by atoms with van der Waals surface area (Å²) in [7, 11) is 0. The molecule has 0 unspecified atom stereocenters. The van der Waals surface area contributed by atoms with Crippen molar-refractivity contribution in [3.05, 3.63) is 12.2 Å². The monoisotopic (exact) mass is 533 g/mol. The quantitative estimate of drug-likeness (QED) is 0.278. The van der Waals surface area contributed by atoms with E-state index in [2.05, 4.69) is 19.2 Å². The summed E-state index contributed by atoms with van der Waals surface area (Å²) in [5.41, 5.74) is 0.0897. The van der Waals surface area contributed by atoms with Crippen LogP contribution in [0.1, 0.15) is 65.2 Å². The normalized spacial score (nSPS) is 40.3. The molecule has 0 bridgehead atoms. The van der Waals surface area contributed by atoms with Crippen molar-refractivity contribution < 1.29 is 43.7 Å². The highest BCUT2D eigenvalue weighted by Crippen LogP contribution is 2.64. The van der Waals surface area contributed by atoms with E-state index in [9.17, 15) is 24.0 Å². The Morgan fingerprint density at radius 2 is 1.68 bits per heavy atom. The number of fused-ring (bicyclic) bond motifs is 5. The van der Waals surface area contributed by atoms with E-state index in [1.165, 1.54) is 19.3 Å². The van der Waals surface area contributed by atoms with Crippen molar-refractivity contribution in [2.75, 3.05) is 19.7 Å². The highest BCUT2D eigenvalue weighted by Gasteiger charge is 2.64. The number of Topliss-reactive ketones (excluding diaryl/α,β-unsaturated/α-hetero) is 2. The summed E-state index contributed by atoms with van der Waals surface area (Å²) >= 11 is 0. The number of morpholine rings is 1. The molecule has 8 atom stereocenters. The third-order valence-corrected chi connectivity index (χ3v) is 9.90. The Hall–Kier alpha value is -2.59. The van der Waals surface area contributed by atoms with Crippen molar-refractivity contribution in [2.45, 2.75) is 77.4 Å². The zero-order chi connectivity index (χ0) is 27.7. The molecule has 0 amide bonds. The smallest absolute Gasteiger partial charge is 0.336 e. The van der Waals surface area contributed by atoms with Crippen LogP contribution in [-0.2, 0) is 33.4 Å². The molecule has 5 fully saturated rings. The van der Waals surface area contributed by atoms with Gasteiger partial charge in [-0.3, -0.25) is 9.59 Å². The van der Waals surface area contributed by atoms with Crippen LogP contribution in [0.15, 0.2) is 12.2 Å². The Morgan fingerprint density at radius 1 is 0.974 bits per heavy atom. The molecule has 1 heterocycles. The molecule has 5 rings (SSSR count). The molecule has 3 N–H and O–H groups in total. The van der Waals surface area contributed by atoms with Crippen molar-refractivity contribution in [3.63, 3.8) is 0 Å². The molecule has 0 radical (unpaired) electrons. The minimum atomic E-state index is -1.26. The van der Waals surface area contributed by atoms with Crippen molar-refractivity contribution >= 4 is 29.5 Å². The van der Waals surface area contributed by atoms with Crippen LogP contribution in [0.25, 0.3) is 0 Å². The zero-order valence-electron chi connectivity index (χ0n) is 22.1. The van der Waals surface area contributed by atoms with E-state index in [1.807, 2.05) is 0 Å². The van der Waals surface area contributed by atoms with Crippen LogP contribution in [0, 0.1) is 34.5 Å². The van der Waals surface area contributed by atoms with Gasteiger partial charge < -0.3 is 25.0 Å². The minimum absolute atomic E-state index is 0.0826. The fourth-order valence-electron chi connectivity index (χ4n) is 7.92. The first-order valence-electron chi connectivity index (χ1n) is 13.7. The third kappa shape index (κ3) is 5.57. The molecule has 1 aliphatic heterocycles. The van der Waals surface area contributed by atoms with Gasteiger partial charge in [0.15, 0.2) is 6.10 Å². The highest BCUT2D eigenvalue weighted by molar-refractivity contribution is 6.39. The van der Waals surface area contributed by atoms with Gasteiger partial charge in [0.05, 0.1) is 6.61 Å². The maximum absolute atomic E-state index is 13.3. The Bertz CT molecular complexity index is 986. The van der Waals surface area contributed by atoms with Crippen LogP contribution < -0.4 is 5.32 Å². The van der Waals surface area contributed by atoms with Crippen molar-refractivity contribution in [2.24, 2.45) is 34.5 Å². The van der Waals surface area contributed by atoms with Crippen LogP contribution in [-0.4, -0.2) is 71.6 Å². The summed E-state index contributed by atoms with van der Waals surface area (Å²) in [4.78, 5) is 58.3. The summed E-state index contributed by atoms with van der Waals surface area (Å²) in [6.07, 6.45) is 8.04. The highest BCUT2D eigenvalue weighted by atomic mass is 16.6. The molecule has 4 saturated carbocycles. The standard InChI is InChI=1S/C24H35NO5.C4H4O4/c1-23-7-3-4-15(23)19-16(6-8-23)24(2)9-5-14(12-17(24)20(26)21(19)27)30-22(28)18-13-25-10-11-29-18;5-3(6)1-2-4(7)8/h14-19,25H,3-13H2,1-2H3;1-2H,(H,5,6)(H,7,8)/b;2-1+/t14-,15-,16-,17+,18+,19-,23-,24+;/m0./s1. The second-order valence-electron chi connectivity index (χ2n) is 12.0. The number of ether oxygens (including phenoxy) is 2. The minimum Gasteiger partial charge on any atom is -0.478 e. The summed E-state index contributed by atoms with van der Waals surface area (Å²) in [6.45, 7) is 6.29. The first-order valence-corrected chi connectivity index (χ1v) is 13.7. The predicted molar refractivity (Wildman–Crippen MR) is 134 cm³/mol. The predicted octanol–water partition coefficient (Wildman–Crippen LogP) is 2.39. The maximum Gasteiger partial charge on any atom is 0.336 e. The fourth-order valence-corrected chi connectivity index (χ4v) is 7.92. The van der Waals surface area contributed by atoms with Gasteiger partial charge >= 0.3 is 17.9 Å². The summed E-state index contributed by atoms with van der Waals surface area (Å²) in [5, 5.41) is 18.8. The van der Waals surface area contributed by atoms with E-state index in [4.69, 9.17) is 19.7 Å². The van der Waals surface area contributed by atoms with Gasteiger partial charge in [0.2, 0.25) is 11.6 Å². The number of esters is 1. The topological polar surface area (TPSA) is 156 Å². The van der Waals surface area contributed by atoms with E-state index in [1.54, 1.807) is 0 Å². The maximum atomic E-state index is 13.3. The van der Waals surface area contributed by atoms with E-state index in [-0.39, 0.29) is 46.3 Å². The SMILES string of the molecule is C[C@@]12CCC[C@H]1[C@@H]1C(=O)C(=O)[C@H]3C[C@@H](OC(=O)[C@H]4CNCCO4)CC[C@]3(C)[C@H]1CC2.O=C(O)/C=C/C(=O)O. The molecule has 0 aromatic rings. The molecule has 38 heavy (non-hydrogen) atoms. The Labute approximate surface area is 222 Å². The fraction of sp³-hybridized carbons (Fsp3) is 0.750. The van der Waals surface area contributed by atoms with Crippen molar-refractivity contribution in [3.8, 4) is 0 Å². The lowest BCUT2D eigenvalue weighted by molar-refractivity contribution is -0.179. The summed E-state index contributed by atoms with van der Waals surface area (Å²) in [5.74, 6) is -2.89. The molecule has 0 aromatic heterocycles. The Kier molecular flexibility index (Phi) is 8.42. The lowest BCUT2D eigenvalue weighted by Crippen LogP contribution is -2.61. The number of rotatable bonds is 4. The molecule has 0 spiro atoms. The van der Waals surface area contributed by atoms with Crippen LogP contribution >= 0.6 is 0 Å². The number of carbonyl (C=O) groups is 5. The molecule has 0 aromatic carbocycles. The van der Waals surface area contributed by atoms with Crippen LogP contribution in [0.4, 0.5) is 0 Å². The van der Waals surface area contributed by atoms with Crippen LogP contribution in [0.5, 0.6) is 0 Å². The lowest BCUT2D eigenvalue weighted by atomic mass is 9.44. The van der Waals surface area contributed by atoms with E-state index >= 15 is 0 Å². The average molecular weight is 534 g/mol. The number of carboxylic acids is 2. The first-order chi connectivity index (χ1) is 18.0. The second kappa shape index (κ2) is 11.3. The van der Waals surface area contributed by atoms with E-state index in [0.29, 0.717) is 43.6 Å². The van der Waals surface area contributed by atoms with Gasteiger partial charge in [-0.05, 0) is 67.6 Å². The number of ketones is 2. The lowest BCUT2D eigenvalue weighted by Gasteiger charge is -2.58. The van der Waals surface area contributed by atoms with Gasteiger partial charge in [0.1, 0.15) is 6.10 Å². The molecule has 1 saturated heterocycles. The third-order valence-electron chi connectivity index (χ3n) is 9.90. The summed E-state index contributed by atoms with van der Waals surface area (Å²) in [6, 6.07) is 0. The van der Waals surface area contributed by atoms with Crippen LogP contribution in [0.2, 0.25) is 0 Å². The number of carboxylic acid groups (broad SMARTS) is 2. The second-order valence-corrected chi connectivity index (χ2v) is 12.0. The largest absolute Gasteiger partial charge is 0.478 e. The van der Waals surface area contributed by atoms with Crippen molar-refractivity contribution in [1.82, 2.24) is 5.32 Å². The van der Waals surface area contributed by atoms with Gasteiger partial charge in [-0.2, -0.15) is 0 Å². The Morgan fingerprint density at radius 3 is 2.32 bits per heavy atom.